The van der Waals surface area contributed by atoms with Crippen LogP contribution in [0.1, 0.15) is 65.7 Å². The molecule has 0 heterocycles. The molecule has 0 fully saturated rings. The summed E-state index contributed by atoms with van der Waals surface area (Å²) < 4.78 is 0. The van der Waals surface area contributed by atoms with Gasteiger partial charge in [-0.25, -0.2) is 0 Å². The average molecular weight is 283 g/mol. The molecule has 0 amide bonds. The first-order valence-corrected chi connectivity index (χ1v) is 12.8. The largest absolute Gasteiger partial charge is 0.181 e. The summed E-state index contributed by atoms with van der Waals surface area (Å²) in [6.45, 7) is 7.20. The van der Waals surface area contributed by atoms with Gasteiger partial charge in [0.25, 0.3) is 0 Å². The van der Waals surface area contributed by atoms with Gasteiger partial charge in [0.05, 0.1) is 0 Å². The summed E-state index contributed by atoms with van der Waals surface area (Å²) >= 11 is 4.78. The first-order valence-electron chi connectivity index (χ1n) is 6.65. The van der Waals surface area contributed by atoms with Crippen molar-refractivity contribution in [3.63, 3.8) is 0 Å². The Hall–Kier alpha value is 0.724. The molecule has 0 atom stereocenters. The van der Waals surface area contributed by atoms with Crippen LogP contribution in [-0.2, 0) is 0 Å². The molecule has 0 bridgehead atoms. The van der Waals surface area contributed by atoms with E-state index in [2.05, 4.69) is 20.0 Å². The monoisotopic (exact) mass is 282 g/mol. The van der Waals surface area contributed by atoms with E-state index in [0.29, 0.717) is 0 Å². The summed E-state index contributed by atoms with van der Waals surface area (Å²) in [5.41, 5.74) is 0. The molecule has 0 saturated carbocycles. The van der Waals surface area contributed by atoms with Crippen molar-refractivity contribution in [2.75, 3.05) is 0 Å². The van der Waals surface area contributed by atoms with Crippen molar-refractivity contribution in [2.24, 2.45) is 0 Å². The summed E-state index contributed by atoms with van der Waals surface area (Å²) in [6, 6.07) is 1.56. The molecule has 0 aliphatic rings. The van der Waals surface area contributed by atoms with Crippen molar-refractivity contribution in [3.8, 4) is 0 Å². The van der Waals surface area contributed by atoms with Gasteiger partial charge in [0, 0.05) is 8.80 Å². The van der Waals surface area contributed by atoms with Crippen molar-refractivity contribution in [2.45, 2.75) is 84.9 Å². The first-order chi connectivity index (χ1) is 7.27. The lowest BCUT2D eigenvalue weighted by atomic mass is 10.1. The molecular weight excluding hydrogens is 248 g/mol. The van der Waals surface area contributed by atoms with Crippen molar-refractivity contribution in [1.82, 2.24) is 0 Å². The molecule has 0 aliphatic heterocycles. The van der Waals surface area contributed by atoms with E-state index in [1.54, 1.807) is 6.04 Å². The molecule has 0 radical (unpaired) electrons. The van der Waals surface area contributed by atoms with Gasteiger partial charge in [-0.05, 0) is 0 Å². The van der Waals surface area contributed by atoms with Crippen LogP contribution in [-0.4, -0.2) is 18.3 Å². The van der Waals surface area contributed by atoms with Crippen LogP contribution in [0.3, 0.4) is 0 Å². The second kappa shape index (κ2) is 21.1. The minimum atomic E-state index is -0.240. The fourth-order valence-corrected chi connectivity index (χ4v) is 2.79. The third kappa shape index (κ3) is 24.1. The van der Waals surface area contributed by atoms with Crippen LogP contribution < -0.4 is 0 Å². The van der Waals surface area contributed by atoms with E-state index < -0.39 is 0 Å². The molecule has 0 aromatic carbocycles. The Bertz CT molecular complexity index is 97.9. The second-order valence-electron chi connectivity index (χ2n) is 4.66. The molecule has 0 aromatic heterocycles. The minimum absolute atomic E-state index is 0. The van der Waals surface area contributed by atoms with Gasteiger partial charge >= 0.3 is 0 Å². The number of hydrogen-bond donors (Lipinski definition) is 0. The highest BCUT2D eigenvalue weighted by atomic mass is 35.6. The summed E-state index contributed by atoms with van der Waals surface area (Å²) in [5.74, 6) is 0. The Labute approximate surface area is 114 Å². The van der Waals surface area contributed by atoms with E-state index in [4.69, 9.17) is 11.1 Å². The van der Waals surface area contributed by atoms with Gasteiger partial charge in [-0.1, -0.05) is 84.9 Å². The molecule has 3 heteroatoms. The SMILES string of the molecule is C.CCCCCCCCCC[SiH](C)C.[SiH3]Cl. The lowest BCUT2D eigenvalue weighted by Gasteiger charge is -2.03. The van der Waals surface area contributed by atoms with E-state index in [0.717, 1.165) is 9.55 Å². The van der Waals surface area contributed by atoms with Gasteiger partial charge in [-0.3, -0.25) is 0 Å². The van der Waals surface area contributed by atoms with Gasteiger partial charge in [-0.15, -0.1) is 0 Å². The quantitative estimate of drug-likeness (QED) is 0.325. The Balaban J connectivity index is -0.000000529. The highest BCUT2D eigenvalue weighted by molar-refractivity contribution is 6.80. The van der Waals surface area contributed by atoms with E-state index in [1.807, 2.05) is 0 Å². The first kappa shape index (κ1) is 22.0. The lowest BCUT2D eigenvalue weighted by molar-refractivity contribution is 0.584. The molecule has 102 valence electrons. The molecular formula is C13H35ClSi2. The van der Waals surface area contributed by atoms with Crippen LogP contribution in [0.5, 0.6) is 0 Å². The van der Waals surface area contributed by atoms with Crippen LogP contribution in [0.4, 0.5) is 0 Å². The maximum absolute atomic E-state index is 4.78. The lowest BCUT2D eigenvalue weighted by Crippen LogP contribution is -1.97. The van der Waals surface area contributed by atoms with Gasteiger partial charge in [0.1, 0.15) is 9.55 Å². The Morgan fingerprint density at radius 2 is 1.19 bits per heavy atom. The molecule has 0 N–H and O–H groups in total. The van der Waals surface area contributed by atoms with Crippen LogP contribution in [0.25, 0.3) is 0 Å². The Kier molecular flexibility index (Phi) is 28.9. The molecule has 0 spiro atoms. The summed E-state index contributed by atoms with van der Waals surface area (Å²) in [6.07, 6.45) is 11.7. The fraction of sp³-hybridized carbons (Fsp3) is 1.00. The van der Waals surface area contributed by atoms with E-state index in [1.165, 1.54) is 51.4 Å². The zero-order valence-corrected chi connectivity index (χ0v) is 15.2. The highest BCUT2D eigenvalue weighted by Gasteiger charge is 1.95. The van der Waals surface area contributed by atoms with E-state index >= 15 is 0 Å². The number of hydrogen-bond acceptors (Lipinski definition) is 0. The Morgan fingerprint density at radius 3 is 1.56 bits per heavy atom. The molecule has 16 heavy (non-hydrogen) atoms. The zero-order chi connectivity index (χ0) is 11.9. The third-order valence-electron chi connectivity index (χ3n) is 2.64. The standard InChI is InChI=1S/C12H28Si.CH4.ClH3Si/c1-4-5-6-7-8-9-10-11-12-13(2)3;;1-2/h13H,4-12H2,1-3H3;1H4;2H3. The average Bonchev–Trinajstić information content (AvgIpc) is 2.24. The topological polar surface area (TPSA) is 0 Å². The maximum Gasteiger partial charge on any atom is 0.109 e. The summed E-state index contributed by atoms with van der Waals surface area (Å²) in [7, 11) is 0.537. The minimum Gasteiger partial charge on any atom is -0.181 e. The van der Waals surface area contributed by atoms with Crippen LogP contribution in [0.2, 0.25) is 19.1 Å². The smallest absolute Gasteiger partial charge is 0.109 e. The molecule has 0 aromatic rings. The van der Waals surface area contributed by atoms with Crippen molar-refractivity contribution >= 4 is 29.4 Å². The van der Waals surface area contributed by atoms with E-state index in [9.17, 15) is 0 Å². The van der Waals surface area contributed by atoms with Crippen LogP contribution >= 0.6 is 11.1 Å². The van der Waals surface area contributed by atoms with E-state index in [-0.39, 0.29) is 16.2 Å². The third-order valence-corrected chi connectivity index (χ3v) is 4.20. The molecule has 0 rings (SSSR count). The number of rotatable bonds is 9. The second-order valence-corrected chi connectivity index (χ2v) is 8.02. The van der Waals surface area contributed by atoms with Crippen LogP contribution in [0, 0.1) is 0 Å². The van der Waals surface area contributed by atoms with Gasteiger partial charge in [0.2, 0.25) is 0 Å². The van der Waals surface area contributed by atoms with Crippen molar-refractivity contribution in [3.05, 3.63) is 0 Å². The van der Waals surface area contributed by atoms with Gasteiger partial charge in [0.15, 0.2) is 0 Å². The van der Waals surface area contributed by atoms with Crippen LogP contribution in [0.15, 0.2) is 0 Å². The predicted octanol–water partition coefficient (Wildman–Crippen LogP) is 4.76. The molecule has 0 unspecified atom stereocenters. The summed E-state index contributed by atoms with van der Waals surface area (Å²) in [5, 5.41) is 0. The Morgan fingerprint density at radius 1 is 0.812 bits per heavy atom. The summed E-state index contributed by atoms with van der Waals surface area (Å²) in [4.78, 5) is 0. The predicted molar refractivity (Wildman–Crippen MR) is 88.8 cm³/mol. The van der Waals surface area contributed by atoms with Crippen molar-refractivity contribution in [1.29, 1.82) is 0 Å². The normalized spacial score (nSPS) is 9.56. The maximum atomic E-state index is 4.78. The number of halogens is 1. The van der Waals surface area contributed by atoms with Crippen molar-refractivity contribution < 1.29 is 0 Å². The fourth-order valence-electron chi connectivity index (χ4n) is 1.69. The number of unbranched alkanes of at least 4 members (excludes halogenated alkanes) is 7. The molecule has 0 aliphatic carbocycles. The highest BCUT2D eigenvalue weighted by Crippen LogP contribution is 2.10. The molecule has 0 saturated heterocycles. The van der Waals surface area contributed by atoms with Gasteiger partial charge in [-0.2, -0.15) is 11.1 Å². The molecule has 0 nitrogen and oxygen atoms in total. The zero-order valence-electron chi connectivity index (χ0n) is 11.3. The van der Waals surface area contributed by atoms with Gasteiger partial charge < -0.3 is 0 Å².